The third-order valence-corrected chi connectivity index (χ3v) is 4.60. The van der Waals surface area contributed by atoms with Gasteiger partial charge in [0.2, 0.25) is 23.5 Å². The maximum Gasteiger partial charge on any atom is 0.227 e. The molecule has 0 aliphatic carbocycles. The molecule has 3 aromatic heterocycles. The number of rotatable bonds is 7. The Balaban J connectivity index is 1.50. The number of hydrogen-bond donors (Lipinski definition) is 2. The minimum atomic E-state index is -0.462. The number of nitrogens with two attached hydrogens (primary N) is 1. The van der Waals surface area contributed by atoms with Crippen molar-refractivity contribution in [3.05, 3.63) is 34.5 Å². The lowest BCUT2D eigenvalue weighted by atomic mass is 10.3. The quantitative estimate of drug-likeness (QED) is 0.660. The maximum absolute atomic E-state index is 11.9. The highest BCUT2D eigenvalue weighted by atomic mass is 32.1. The molecule has 0 aromatic carbocycles. The predicted molar refractivity (Wildman–Crippen MR) is 89.6 cm³/mol. The summed E-state index contributed by atoms with van der Waals surface area (Å²) in [6, 6.07) is 3.81. The smallest absolute Gasteiger partial charge is 0.227 e. The summed E-state index contributed by atoms with van der Waals surface area (Å²) >= 11 is 2.76. The number of anilines is 1. The van der Waals surface area contributed by atoms with E-state index in [4.69, 9.17) is 10.3 Å². The zero-order chi connectivity index (χ0) is 16.9. The summed E-state index contributed by atoms with van der Waals surface area (Å²) in [5.74, 6) is 0.250. The van der Waals surface area contributed by atoms with E-state index >= 15 is 0 Å². The second-order valence-electron chi connectivity index (χ2n) is 4.82. The van der Waals surface area contributed by atoms with Crippen LogP contribution in [0.25, 0.3) is 10.7 Å². The molecule has 8 nitrogen and oxygen atoms in total. The van der Waals surface area contributed by atoms with Gasteiger partial charge in [-0.15, -0.1) is 22.7 Å². The number of carbonyl (C=O) groups is 2. The molecule has 24 heavy (non-hydrogen) atoms. The minimum absolute atomic E-state index is 0.0554. The van der Waals surface area contributed by atoms with Crippen molar-refractivity contribution < 1.29 is 14.1 Å². The van der Waals surface area contributed by atoms with Gasteiger partial charge in [0.05, 0.1) is 17.0 Å². The van der Waals surface area contributed by atoms with Crippen molar-refractivity contribution >= 4 is 39.6 Å². The van der Waals surface area contributed by atoms with E-state index in [9.17, 15) is 9.59 Å². The molecule has 0 bridgehead atoms. The first kappa shape index (κ1) is 16.3. The Labute approximate surface area is 144 Å². The molecule has 3 aromatic rings. The summed E-state index contributed by atoms with van der Waals surface area (Å²) in [6.07, 6.45) is 0.584. The van der Waals surface area contributed by atoms with Gasteiger partial charge in [-0.25, -0.2) is 4.98 Å². The number of primary amides is 1. The summed E-state index contributed by atoms with van der Waals surface area (Å²) < 4.78 is 5.14. The van der Waals surface area contributed by atoms with Crippen LogP contribution in [-0.4, -0.2) is 26.9 Å². The molecular formula is C14H13N5O3S2. The third kappa shape index (κ3) is 4.24. The molecule has 0 fully saturated rings. The monoisotopic (exact) mass is 363 g/mol. The first-order valence-corrected chi connectivity index (χ1v) is 8.75. The van der Waals surface area contributed by atoms with Gasteiger partial charge in [-0.1, -0.05) is 11.2 Å². The lowest BCUT2D eigenvalue weighted by Crippen LogP contribution is -2.14. The highest BCUT2D eigenvalue weighted by molar-refractivity contribution is 7.14. The van der Waals surface area contributed by atoms with E-state index in [0.717, 1.165) is 4.88 Å². The fraction of sp³-hybridized carbons (Fsp3) is 0.214. The average molecular weight is 363 g/mol. The van der Waals surface area contributed by atoms with E-state index in [1.807, 2.05) is 17.5 Å². The van der Waals surface area contributed by atoms with Crippen molar-refractivity contribution in [2.24, 2.45) is 5.73 Å². The van der Waals surface area contributed by atoms with Crippen LogP contribution >= 0.6 is 22.7 Å². The molecule has 0 saturated heterocycles. The zero-order valence-corrected chi connectivity index (χ0v) is 14.0. The Morgan fingerprint density at radius 3 is 2.92 bits per heavy atom. The second-order valence-corrected chi connectivity index (χ2v) is 6.63. The number of thiazole rings is 1. The second kappa shape index (κ2) is 7.32. The van der Waals surface area contributed by atoms with Crippen LogP contribution in [0.4, 0.5) is 5.13 Å². The number of hydrogen-bond acceptors (Lipinski definition) is 8. The maximum atomic E-state index is 11.9. The highest BCUT2D eigenvalue weighted by Gasteiger charge is 2.12. The summed E-state index contributed by atoms with van der Waals surface area (Å²) in [5.41, 5.74) is 5.64. The Hall–Kier alpha value is -2.59. The van der Waals surface area contributed by atoms with E-state index in [1.54, 1.807) is 5.38 Å². The van der Waals surface area contributed by atoms with Gasteiger partial charge in [0.25, 0.3) is 0 Å². The van der Waals surface area contributed by atoms with E-state index in [-0.39, 0.29) is 18.7 Å². The average Bonchev–Trinajstić information content (AvgIpc) is 3.26. The van der Waals surface area contributed by atoms with Gasteiger partial charge in [-0.2, -0.15) is 4.98 Å². The highest BCUT2D eigenvalue weighted by Crippen LogP contribution is 2.21. The van der Waals surface area contributed by atoms with Crippen molar-refractivity contribution in [1.29, 1.82) is 0 Å². The number of nitrogens with zero attached hydrogens (tertiary/aromatic N) is 3. The Bertz CT molecular complexity index is 840. The number of thiophene rings is 1. The Morgan fingerprint density at radius 1 is 1.29 bits per heavy atom. The van der Waals surface area contributed by atoms with Crippen molar-refractivity contribution in [2.45, 2.75) is 19.3 Å². The van der Waals surface area contributed by atoms with Crippen LogP contribution < -0.4 is 11.1 Å². The van der Waals surface area contributed by atoms with Gasteiger partial charge < -0.3 is 15.6 Å². The van der Waals surface area contributed by atoms with Gasteiger partial charge in [0.15, 0.2) is 5.13 Å². The standard InChI is InChI=1S/C14H13N5O3S2/c15-10(20)6-8-7-24-14(16-8)17-11(21)3-4-12-18-13(19-22-12)9-2-1-5-23-9/h1-2,5,7H,3-4,6H2,(H2,15,20)(H,16,17,21). The van der Waals surface area contributed by atoms with Crippen LogP contribution in [0.1, 0.15) is 18.0 Å². The Morgan fingerprint density at radius 2 is 2.17 bits per heavy atom. The molecule has 0 unspecified atom stereocenters. The van der Waals surface area contributed by atoms with Crippen molar-refractivity contribution in [3.8, 4) is 10.7 Å². The first-order chi connectivity index (χ1) is 11.6. The molecule has 0 atom stereocenters. The van der Waals surface area contributed by atoms with Gasteiger partial charge in [-0.3, -0.25) is 9.59 Å². The van der Waals surface area contributed by atoms with Gasteiger partial charge in [0.1, 0.15) is 0 Å². The first-order valence-electron chi connectivity index (χ1n) is 6.99. The van der Waals surface area contributed by atoms with Crippen molar-refractivity contribution in [3.63, 3.8) is 0 Å². The molecule has 3 rings (SSSR count). The SMILES string of the molecule is NC(=O)Cc1csc(NC(=O)CCc2nc(-c3cccs3)no2)n1. The van der Waals surface area contributed by atoms with Gasteiger partial charge in [-0.05, 0) is 11.4 Å². The van der Waals surface area contributed by atoms with E-state index in [0.29, 0.717) is 29.0 Å². The predicted octanol–water partition coefficient (Wildman–Crippen LogP) is 1.85. The molecule has 3 heterocycles. The molecule has 0 aliphatic rings. The molecule has 3 N–H and O–H groups in total. The molecular weight excluding hydrogens is 350 g/mol. The summed E-state index contributed by atoms with van der Waals surface area (Å²) in [6.45, 7) is 0. The zero-order valence-electron chi connectivity index (χ0n) is 12.4. The van der Waals surface area contributed by atoms with Crippen LogP contribution in [0, 0.1) is 0 Å². The van der Waals surface area contributed by atoms with E-state index < -0.39 is 5.91 Å². The largest absolute Gasteiger partial charge is 0.369 e. The molecule has 10 heteroatoms. The fourth-order valence-corrected chi connectivity index (χ4v) is 3.26. The number of carbonyl (C=O) groups excluding carboxylic acids is 2. The minimum Gasteiger partial charge on any atom is -0.369 e. The number of aromatic nitrogens is 3. The normalized spacial score (nSPS) is 10.7. The lowest BCUT2D eigenvalue weighted by Gasteiger charge is -1.99. The Kier molecular flexibility index (Phi) is 4.96. The lowest BCUT2D eigenvalue weighted by molar-refractivity contribution is -0.117. The van der Waals surface area contributed by atoms with Crippen molar-refractivity contribution in [2.75, 3.05) is 5.32 Å². The number of nitrogens with one attached hydrogen (secondary N) is 1. The van der Waals surface area contributed by atoms with Crippen LogP contribution in [0.15, 0.2) is 27.4 Å². The van der Waals surface area contributed by atoms with E-state index in [2.05, 4.69) is 20.4 Å². The van der Waals surface area contributed by atoms with Gasteiger partial charge in [0, 0.05) is 18.2 Å². The number of amides is 2. The summed E-state index contributed by atoms with van der Waals surface area (Å²) in [5, 5.41) is 10.6. The van der Waals surface area contributed by atoms with Gasteiger partial charge >= 0.3 is 0 Å². The van der Waals surface area contributed by atoms with Crippen LogP contribution in [0.5, 0.6) is 0 Å². The van der Waals surface area contributed by atoms with Crippen LogP contribution in [0.2, 0.25) is 0 Å². The molecule has 0 aliphatic heterocycles. The number of aryl methyl sites for hydroxylation is 1. The van der Waals surface area contributed by atoms with E-state index in [1.165, 1.54) is 22.7 Å². The third-order valence-electron chi connectivity index (χ3n) is 2.93. The molecule has 2 amide bonds. The van der Waals surface area contributed by atoms with Crippen LogP contribution in [-0.2, 0) is 22.4 Å². The summed E-state index contributed by atoms with van der Waals surface area (Å²) in [7, 11) is 0. The van der Waals surface area contributed by atoms with Crippen LogP contribution in [0.3, 0.4) is 0 Å². The molecule has 124 valence electrons. The molecule has 0 radical (unpaired) electrons. The molecule has 0 saturated carbocycles. The fourth-order valence-electron chi connectivity index (χ4n) is 1.89. The molecule has 0 spiro atoms. The summed E-state index contributed by atoms with van der Waals surface area (Å²) in [4.78, 5) is 32.0. The topological polar surface area (TPSA) is 124 Å². The van der Waals surface area contributed by atoms with Crippen molar-refractivity contribution in [1.82, 2.24) is 15.1 Å².